The van der Waals surface area contributed by atoms with Crippen molar-refractivity contribution < 1.29 is 34.5 Å². The van der Waals surface area contributed by atoms with Crippen LogP contribution < -0.4 is 5.32 Å². The molecular formula is C10H17F6N6OP. The van der Waals surface area contributed by atoms with Gasteiger partial charge >= 0.3 is 39.0 Å². The Labute approximate surface area is 133 Å². The van der Waals surface area contributed by atoms with Crippen molar-refractivity contribution in [2.75, 3.05) is 28.3 Å². The Morgan fingerprint density at radius 3 is 2.08 bits per heavy atom. The van der Waals surface area contributed by atoms with Gasteiger partial charge in [-0.25, -0.2) is 20.0 Å². The van der Waals surface area contributed by atoms with E-state index in [1.54, 1.807) is 13.3 Å². The van der Waals surface area contributed by atoms with Gasteiger partial charge in [0, 0.05) is 6.20 Å². The molecule has 0 aliphatic rings. The number of halogens is 6. The second-order valence-corrected chi connectivity index (χ2v) is 6.21. The zero-order valence-electron chi connectivity index (χ0n) is 13.1. The molecule has 0 unspecified atom stereocenters. The van der Waals surface area contributed by atoms with Crippen LogP contribution in [0.4, 0.5) is 25.2 Å². The van der Waals surface area contributed by atoms with Gasteiger partial charge in [0.1, 0.15) is 5.52 Å². The molecule has 14 heteroatoms. The van der Waals surface area contributed by atoms with Crippen molar-refractivity contribution in [3.05, 3.63) is 18.3 Å². The first-order valence-electron chi connectivity index (χ1n) is 6.08. The van der Waals surface area contributed by atoms with Gasteiger partial charge in [-0.3, -0.25) is 0 Å². The predicted octanol–water partition coefficient (Wildman–Crippen LogP) is 3.22. The first-order valence-corrected chi connectivity index (χ1v) is 8.11. The Bertz CT molecular complexity index is 634. The third-order valence-corrected chi connectivity index (χ3v) is 1.91. The van der Waals surface area contributed by atoms with Crippen molar-refractivity contribution in [2.24, 2.45) is 0 Å². The number of hydrogen-bond donors (Lipinski definition) is 2. The van der Waals surface area contributed by atoms with E-state index in [4.69, 9.17) is 4.74 Å². The number of nitrogens with zero attached hydrogens (tertiary/aromatic N) is 4. The summed E-state index contributed by atoms with van der Waals surface area (Å²) in [7, 11) is -3.38. The van der Waals surface area contributed by atoms with E-state index in [2.05, 4.69) is 25.7 Å². The molecule has 2 heterocycles. The summed E-state index contributed by atoms with van der Waals surface area (Å²) in [6.45, 7) is 0. The molecule has 0 bridgehead atoms. The Morgan fingerprint density at radius 2 is 1.75 bits per heavy atom. The van der Waals surface area contributed by atoms with Crippen LogP contribution in [0.5, 0.6) is 0 Å². The van der Waals surface area contributed by atoms with E-state index in [1.807, 2.05) is 37.9 Å². The van der Waals surface area contributed by atoms with E-state index in [-0.39, 0.29) is 0 Å². The predicted molar refractivity (Wildman–Crippen MR) is 78.4 cm³/mol. The molecule has 0 fully saturated rings. The fourth-order valence-electron chi connectivity index (χ4n) is 1.20. The maximum Gasteiger partial charge on any atom is 0.175 e. The van der Waals surface area contributed by atoms with E-state index in [9.17, 15) is 25.2 Å². The summed E-state index contributed by atoms with van der Waals surface area (Å²) < 4.78 is 65.9. The molecule has 0 saturated heterocycles. The van der Waals surface area contributed by atoms with Gasteiger partial charge in [-0.15, -0.1) is 5.10 Å². The van der Waals surface area contributed by atoms with Crippen molar-refractivity contribution in [3.8, 4) is 0 Å². The molecule has 0 aliphatic carbocycles. The molecule has 2 N–H and O–H groups in total. The van der Waals surface area contributed by atoms with Crippen LogP contribution in [0, 0.1) is 0 Å². The second kappa shape index (κ2) is 7.16. The summed E-state index contributed by atoms with van der Waals surface area (Å²) in [5.74, 6) is 0. The van der Waals surface area contributed by atoms with Crippen LogP contribution >= 0.6 is 7.81 Å². The standard InChI is InChI=1S/C5H4N4.C5H12N2O.F6P/c1-2-4-5(6-3-1)8-9-7-4;1-6-5(8-4)7(2)3;1-7(2,3,4,5)6/h1-3H,(H,6,7,8,9);1-4H3;/q;;-1/p+1. The average molecular weight is 382 g/mol. The maximum atomic E-state index is 9.87. The van der Waals surface area contributed by atoms with Crippen LogP contribution in [-0.2, 0) is 4.74 Å². The Morgan fingerprint density at radius 1 is 1.21 bits per heavy atom. The third kappa shape index (κ3) is 13.5. The minimum Gasteiger partial charge on any atom is -0.240 e. The summed E-state index contributed by atoms with van der Waals surface area (Å²) in [5, 5.41) is 12.8. The summed E-state index contributed by atoms with van der Waals surface area (Å²) in [6, 6.07) is 4.45. The molecule has 0 spiro atoms. The molecule has 2 aromatic rings. The van der Waals surface area contributed by atoms with Gasteiger partial charge < -0.3 is 4.74 Å². The number of aromatic amines is 1. The van der Waals surface area contributed by atoms with E-state index in [1.165, 1.54) is 0 Å². The first kappa shape index (κ1) is 21.8. The SMILES string of the molecule is CNC(OC)=[N+](C)C.F[P-](F)(F)(F)(F)F.c1cnc2[nH]nnc2c1. The molecule has 0 aliphatic heterocycles. The molecule has 0 radical (unpaired) electrons. The largest absolute Gasteiger partial charge is 0.240 e. The summed E-state index contributed by atoms with van der Waals surface area (Å²) in [5.41, 5.74) is 1.54. The van der Waals surface area contributed by atoms with Crippen molar-refractivity contribution in [2.45, 2.75) is 0 Å². The van der Waals surface area contributed by atoms with Gasteiger partial charge in [-0.2, -0.15) is 0 Å². The number of nitrogens with one attached hydrogen (secondary N) is 2. The molecule has 0 aromatic carbocycles. The summed E-state index contributed by atoms with van der Waals surface area (Å²) in [4.78, 5) is 3.96. The smallest absolute Gasteiger partial charge is 0.175 e. The van der Waals surface area contributed by atoms with Gasteiger partial charge in [0.2, 0.25) is 0 Å². The molecule has 2 rings (SSSR count). The Balaban J connectivity index is 0.000000335. The fourth-order valence-corrected chi connectivity index (χ4v) is 1.20. The molecule has 7 nitrogen and oxygen atoms in total. The normalized spacial score (nSPS) is 13.2. The molecule has 0 amide bonds. The maximum absolute atomic E-state index is 10.7. The van der Waals surface area contributed by atoms with E-state index >= 15 is 0 Å². The van der Waals surface area contributed by atoms with Crippen LogP contribution in [-0.4, -0.2) is 59.2 Å². The summed E-state index contributed by atoms with van der Waals surface area (Å²) >= 11 is 0. The van der Waals surface area contributed by atoms with E-state index < -0.39 is 7.81 Å². The van der Waals surface area contributed by atoms with Gasteiger partial charge in [0.05, 0.1) is 28.3 Å². The number of fused-ring (bicyclic) bond motifs is 1. The number of aromatic nitrogens is 4. The fraction of sp³-hybridized carbons (Fsp3) is 0.400. The molecular weight excluding hydrogens is 365 g/mol. The van der Waals surface area contributed by atoms with Crippen LogP contribution in [0.2, 0.25) is 0 Å². The number of pyridine rings is 1. The quantitative estimate of drug-likeness (QED) is 0.241. The molecule has 0 atom stereocenters. The molecule has 0 saturated carbocycles. The van der Waals surface area contributed by atoms with Crippen LogP contribution in [0.15, 0.2) is 18.3 Å². The topological polar surface area (TPSA) is 78.7 Å². The Hall–Kier alpha value is -2.17. The van der Waals surface area contributed by atoms with Crippen LogP contribution in [0.25, 0.3) is 11.2 Å². The van der Waals surface area contributed by atoms with Crippen LogP contribution in [0.3, 0.4) is 0 Å². The van der Waals surface area contributed by atoms with Gasteiger partial charge in [-0.05, 0) is 12.1 Å². The van der Waals surface area contributed by atoms with E-state index in [0.717, 1.165) is 17.2 Å². The minimum atomic E-state index is -10.7. The van der Waals surface area contributed by atoms with Crippen LogP contribution in [0.1, 0.15) is 0 Å². The number of ether oxygens (including phenoxy) is 1. The van der Waals surface area contributed by atoms with Gasteiger partial charge in [-0.1, -0.05) is 5.21 Å². The second-order valence-electron chi connectivity index (χ2n) is 4.29. The monoisotopic (exact) mass is 382 g/mol. The van der Waals surface area contributed by atoms with Crippen molar-refractivity contribution in [1.82, 2.24) is 25.7 Å². The molecule has 2 aromatic heterocycles. The number of H-pyrrole nitrogens is 1. The first-order chi connectivity index (χ1) is 10.6. The zero-order valence-corrected chi connectivity index (χ0v) is 14.0. The van der Waals surface area contributed by atoms with E-state index in [0.29, 0.717) is 0 Å². The zero-order chi connectivity index (χ0) is 19.1. The van der Waals surface area contributed by atoms with Gasteiger partial charge in [0.15, 0.2) is 5.65 Å². The molecule has 140 valence electrons. The van der Waals surface area contributed by atoms with Gasteiger partial charge in [0.25, 0.3) is 0 Å². The number of amidine groups is 1. The van der Waals surface area contributed by atoms with Crippen molar-refractivity contribution in [3.63, 3.8) is 0 Å². The number of rotatable bonds is 0. The Kier molecular flexibility index (Phi) is 6.51. The third-order valence-electron chi connectivity index (χ3n) is 1.91. The number of hydrogen-bond acceptors (Lipinski definition) is 4. The summed E-state index contributed by atoms with van der Waals surface area (Å²) in [6.07, 6.45) is 1.70. The van der Waals surface area contributed by atoms with Crippen molar-refractivity contribution in [1.29, 1.82) is 0 Å². The minimum absolute atomic E-state index is 0.734. The van der Waals surface area contributed by atoms with Crippen molar-refractivity contribution >= 4 is 25.0 Å². The number of methoxy groups -OCH3 is 1. The average Bonchev–Trinajstić information content (AvgIpc) is 2.85. The molecule has 24 heavy (non-hydrogen) atoms.